The molecule has 0 aliphatic carbocycles. The lowest BCUT2D eigenvalue weighted by atomic mass is 9.77. The van der Waals surface area contributed by atoms with E-state index in [0.29, 0.717) is 0 Å². The maximum absolute atomic E-state index is 13.9. The Morgan fingerprint density at radius 2 is 1.04 bits per heavy atom. The highest BCUT2D eigenvalue weighted by atomic mass is 16.6. The number of hydrogen-bond acceptors (Lipinski definition) is 18. The molecule has 0 saturated heterocycles. The summed E-state index contributed by atoms with van der Waals surface area (Å²) < 4.78 is 18.2. The van der Waals surface area contributed by atoms with Crippen LogP contribution in [0.4, 0.5) is 0 Å². The van der Waals surface area contributed by atoms with Gasteiger partial charge >= 0.3 is 5.97 Å². The fraction of sp³-hybridized carbons (Fsp3) is 0.162. The summed E-state index contributed by atoms with van der Waals surface area (Å²) >= 11 is 0. The predicted octanol–water partition coefficient (Wildman–Crippen LogP) is 3.39. The summed E-state index contributed by atoms with van der Waals surface area (Å²) in [6.45, 7) is 0. The number of aromatic hydroxyl groups is 13. The van der Waals surface area contributed by atoms with Gasteiger partial charge in [0.05, 0.1) is 17.6 Å². The Hall–Kier alpha value is -7.47. The van der Waals surface area contributed by atoms with Gasteiger partial charge in [0.15, 0.2) is 70.1 Å². The summed E-state index contributed by atoms with van der Waals surface area (Å²) in [7, 11) is 0. The Morgan fingerprint density at radius 1 is 0.545 bits per heavy atom. The smallest absolute Gasteiger partial charge is 0.338 e. The van der Waals surface area contributed by atoms with Crippen molar-refractivity contribution in [3.63, 3.8) is 0 Å². The van der Waals surface area contributed by atoms with Crippen molar-refractivity contribution >= 4 is 5.97 Å². The molecule has 0 spiro atoms. The summed E-state index contributed by atoms with van der Waals surface area (Å²) in [4.78, 5) is 13.9. The summed E-state index contributed by atoms with van der Waals surface area (Å²) in [5.41, 5.74) is -1.64. The van der Waals surface area contributed by atoms with Crippen LogP contribution in [-0.4, -0.2) is 89.7 Å². The second-order valence-corrected chi connectivity index (χ2v) is 12.9. The van der Waals surface area contributed by atoms with Crippen molar-refractivity contribution in [3.05, 3.63) is 88.0 Å². The maximum Gasteiger partial charge on any atom is 0.338 e. The topological polar surface area (TPSA) is 328 Å². The van der Waals surface area contributed by atoms with Crippen LogP contribution in [0.3, 0.4) is 0 Å². The molecule has 18 heteroatoms. The van der Waals surface area contributed by atoms with Gasteiger partial charge in [-0.2, -0.15) is 0 Å². The van der Waals surface area contributed by atoms with Gasteiger partial charge in [0.25, 0.3) is 0 Å². The zero-order valence-corrected chi connectivity index (χ0v) is 27.7. The van der Waals surface area contributed by atoms with E-state index in [4.69, 9.17) is 14.2 Å². The van der Waals surface area contributed by atoms with E-state index in [2.05, 4.69) is 0 Å². The molecule has 5 aromatic rings. The molecule has 55 heavy (non-hydrogen) atoms. The lowest BCUT2D eigenvalue weighted by molar-refractivity contribution is -0.0286. The molecule has 0 radical (unpaired) electrons. The normalized spacial score (nSPS) is 20.1. The van der Waals surface area contributed by atoms with Gasteiger partial charge in [-0.25, -0.2) is 4.79 Å². The lowest BCUT2D eigenvalue weighted by Crippen LogP contribution is -2.39. The van der Waals surface area contributed by atoms with Crippen LogP contribution in [0.5, 0.6) is 86.2 Å². The van der Waals surface area contributed by atoms with E-state index in [1.165, 1.54) is 0 Å². The molecular weight excluding hydrogens is 732 g/mol. The van der Waals surface area contributed by atoms with E-state index >= 15 is 0 Å². The maximum atomic E-state index is 13.9. The Labute approximate surface area is 307 Å². The van der Waals surface area contributed by atoms with Gasteiger partial charge < -0.3 is 85.7 Å². The predicted molar refractivity (Wildman–Crippen MR) is 181 cm³/mol. The van der Waals surface area contributed by atoms with E-state index < -0.39 is 123 Å². The van der Waals surface area contributed by atoms with Crippen molar-refractivity contribution < 1.29 is 90.5 Å². The number of phenolic OH excluding ortho intramolecular Hbond substituents is 13. The van der Waals surface area contributed by atoms with Crippen LogP contribution >= 0.6 is 0 Å². The molecule has 18 nitrogen and oxygen atoms in total. The van der Waals surface area contributed by atoms with Crippen molar-refractivity contribution in [2.75, 3.05) is 0 Å². The van der Waals surface area contributed by atoms with Crippen LogP contribution in [0.2, 0.25) is 0 Å². The largest absolute Gasteiger partial charge is 0.508 e. The van der Waals surface area contributed by atoms with E-state index in [1.54, 1.807) is 0 Å². The number of hydrogen-bond donors (Lipinski definition) is 14. The van der Waals surface area contributed by atoms with Crippen molar-refractivity contribution in [2.24, 2.45) is 0 Å². The van der Waals surface area contributed by atoms with Gasteiger partial charge in [0.1, 0.15) is 34.5 Å². The molecule has 2 aliphatic rings. The first-order valence-electron chi connectivity index (χ1n) is 16.1. The minimum atomic E-state index is -1.88. The summed E-state index contributed by atoms with van der Waals surface area (Å²) in [5, 5.41) is 147. The van der Waals surface area contributed by atoms with Crippen LogP contribution in [0, 0.1) is 0 Å². The molecule has 0 amide bonds. The number of benzene rings is 5. The fourth-order valence-electron chi connectivity index (χ4n) is 6.87. The SMILES string of the molecule is O=C(O[C@@H]1[C@@H](c2c(O)cc(O)c3c2O[C@H](c2cc(O)c(O)c(O)c2)[C@@H](O)C3)c2c(O)cc(O)cc2O[C@@H]1c1cc(O)c(O)c(O)c1)c1cc(O)c(O)c(O)c1. The van der Waals surface area contributed by atoms with Crippen LogP contribution in [0.15, 0.2) is 54.6 Å². The average Bonchev–Trinajstić information content (AvgIpc) is 3.11. The number of phenols is 13. The zero-order chi connectivity index (χ0) is 39.8. The monoisotopic (exact) mass is 762 g/mol. The Bertz CT molecular complexity index is 2340. The first-order chi connectivity index (χ1) is 25.9. The summed E-state index contributed by atoms with van der Waals surface area (Å²) in [6.07, 6.45) is -7.01. The van der Waals surface area contributed by atoms with Gasteiger partial charge in [-0.1, -0.05) is 0 Å². The second kappa shape index (κ2) is 12.9. The highest BCUT2D eigenvalue weighted by Crippen LogP contribution is 2.58. The molecular formula is C37H30O18. The Kier molecular flexibility index (Phi) is 8.41. The molecule has 0 bridgehead atoms. The lowest BCUT2D eigenvalue weighted by Gasteiger charge is -2.41. The fourth-order valence-corrected chi connectivity index (χ4v) is 6.87. The van der Waals surface area contributed by atoms with Crippen molar-refractivity contribution in [1.82, 2.24) is 0 Å². The number of rotatable bonds is 5. The number of ether oxygens (including phenoxy) is 3. The van der Waals surface area contributed by atoms with Gasteiger partial charge in [-0.15, -0.1) is 0 Å². The molecule has 0 fully saturated rings. The minimum Gasteiger partial charge on any atom is -0.508 e. The highest BCUT2D eigenvalue weighted by molar-refractivity contribution is 5.91. The second-order valence-electron chi connectivity index (χ2n) is 12.9. The third-order valence-electron chi connectivity index (χ3n) is 9.38. The zero-order valence-electron chi connectivity index (χ0n) is 27.7. The molecule has 0 unspecified atom stereocenters. The molecule has 5 atom stereocenters. The molecule has 5 aromatic carbocycles. The van der Waals surface area contributed by atoms with E-state index in [-0.39, 0.29) is 39.3 Å². The van der Waals surface area contributed by atoms with Gasteiger partial charge in [-0.3, -0.25) is 0 Å². The molecule has 2 heterocycles. The number of fused-ring (bicyclic) bond motifs is 2. The number of aliphatic hydroxyl groups is 1. The molecule has 2 aliphatic heterocycles. The van der Waals surface area contributed by atoms with Gasteiger partial charge in [0, 0.05) is 52.4 Å². The number of carbonyl (C=O) groups is 1. The molecule has 7 rings (SSSR count). The first kappa shape index (κ1) is 35.9. The van der Waals surface area contributed by atoms with E-state index in [9.17, 15) is 76.3 Å². The van der Waals surface area contributed by atoms with Crippen LogP contribution < -0.4 is 9.47 Å². The molecule has 0 aromatic heterocycles. The molecule has 0 saturated carbocycles. The van der Waals surface area contributed by atoms with Crippen LogP contribution in [0.1, 0.15) is 56.3 Å². The average molecular weight is 763 g/mol. The van der Waals surface area contributed by atoms with Gasteiger partial charge in [0.2, 0.25) is 0 Å². The Balaban J connectivity index is 1.49. The standard InChI is InChI=1S/C37H30O18/c38-14-7-17(40)27-26(8-14)53-34(12-3-21(44)31(50)22(45)4-12)36(55-37(52)13-5-23(46)32(51)24(47)6-13)29(27)28-18(41)10-16(39)15-9-25(48)33(54-35(15)28)11-1-19(42)30(49)20(43)2-11/h1-8,10,25,29,33-34,36,38-51H,9H2/t25-,29+,33+,34+,36+/m0/s1. The highest BCUT2D eigenvalue weighted by Gasteiger charge is 2.49. The van der Waals surface area contributed by atoms with E-state index in [1.807, 2.05) is 0 Å². The number of aliphatic hydroxyl groups excluding tert-OH is 1. The van der Waals surface area contributed by atoms with Crippen LogP contribution in [-0.2, 0) is 11.2 Å². The third kappa shape index (κ3) is 5.95. The minimum absolute atomic E-state index is 0.0947. The quantitative estimate of drug-likeness (QED) is 0.0901. The molecule has 286 valence electrons. The first-order valence-corrected chi connectivity index (χ1v) is 16.1. The molecule has 14 N–H and O–H groups in total. The number of carbonyl (C=O) groups excluding carboxylic acids is 1. The van der Waals surface area contributed by atoms with Gasteiger partial charge in [-0.05, 0) is 36.4 Å². The van der Waals surface area contributed by atoms with Crippen molar-refractivity contribution in [2.45, 2.75) is 36.8 Å². The summed E-state index contributed by atoms with van der Waals surface area (Å²) in [5.74, 6) is -14.3. The van der Waals surface area contributed by atoms with Crippen molar-refractivity contribution in [1.29, 1.82) is 0 Å². The third-order valence-corrected chi connectivity index (χ3v) is 9.38. The summed E-state index contributed by atoms with van der Waals surface area (Å²) in [6, 6.07) is 8.03. The number of esters is 1. The van der Waals surface area contributed by atoms with Crippen molar-refractivity contribution in [3.8, 4) is 86.2 Å². The Morgan fingerprint density at radius 3 is 1.58 bits per heavy atom. The van der Waals surface area contributed by atoms with Crippen LogP contribution in [0.25, 0.3) is 0 Å². The van der Waals surface area contributed by atoms with E-state index in [0.717, 1.165) is 54.6 Å².